The zero-order chi connectivity index (χ0) is 24.2. The molecule has 0 saturated heterocycles. The Morgan fingerprint density at radius 2 is 1.62 bits per heavy atom. The predicted octanol–water partition coefficient (Wildman–Crippen LogP) is 5.21. The summed E-state index contributed by atoms with van der Waals surface area (Å²) < 4.78 is 30.6. The van der Waals surface area contributed by atoms with E-state index in [0.717, 1.165) is 33.6 Å². The van der Waals surface area contributed by atoms with E-state index in [2.05, 4.69) is 6.07 Å². The number of hydrogen-bond acceptors (Lipinski definition) is 4. The van der Waals surface area contributed by atoms with Gasteiger partial charge in [-0.3, -0.25) is 4.79 Å². The van der Waals surface area contributed by atoms with Crippen LogP contribution in [-0.2, 0) is 17.6 Å². The second-order valence-electron chi connectivity index (χ2n) is 8.70. The van der Waals surface area contributed by atoms with Gasteiger partial charge in [0.15, 0.2) is 11.5 Å². The fourth-order valence-corrected chi connectivity index (χ4v) is 4.58. The molecule has 1 heterocycles. The normalized spacial score (nSPS) is 15.0. The number of ether oxygens (including phenoxy) is 3. The molecule has 0 spiro atoms. The first-order valence-corrected chi connectivity index (χ1v) is 11.4. The average molecular weight is 464 g/mol. The summed E-state index contributed by atoms with van der Waals surface area (Å²) in [7, 11) is 3.22. The topological polar surface area (TPSA) is 48.0 Å². The van der Waals surface area contributed by atoms with Crippen molar-refractivity contribution in [2.45, 2.75) is 32.7 Å². The van der Waals surface area contributed by atoms with Crippen molar-refractivity contribution in [3.63, 3.8) is 0 Å². The molecule has 1 aliphatic rings. The molecule has 3 aromatic rings. The third-order valence-electron chi connectivity index (χ3n) is 6.19. The molecule has 0 N–H and O–H groups in total. The summed E-state index contributed by atoms with van der Waals surface area (Å²) in [4.78, 5) is 15.3. The van der Waals surface area contributed by atoms with Crippen LogP contribution in [0, 0.1) is 19.7 Å². The van der Waals surface area contributed by atoms with Crippen LogP contribution in [0.4, 0.5) is 4.39 Å². The minimum atomic E-state index is -0.316. The van der Waals surface area contributed by atoms with E-state index in [1.807, 2.05) is 43.0 Å². The maximum atomic E-state index is 13.4. The molecule has 34 heavy (non-hydrogen) atoms. The van der Waals surface area contributed by atoms with Gasteiger partial charge >= 0.3 is 0 Å². The molecule has 0 radical (unpaired) electrons. The Morgan fingerprint density at radius 3 is 2.26 bits per heavy atom. The van der Waals surface area contributed by atoms with Crippen molar-refractivity contribution < 1.29 is 23.4 Å². The number of hydrogen-bond donors (Lipinski definition) is 0. The van der Waals surface area contributed by atoms with Crippen molar-refractivity contribution >= 4 is 5.91 Å². The molecule has 0 fully saturated rings. The van der Waals surface area contributed by atoms with Crippen molar-refractivity contribution in [2.75, 3.05) is 27.4 Å². The lowest BCUT2D eigenvalue weighted by Gasteiger charge is -2.38. The van der Waals surface area contributed by atoms with Crippen LogP contribution in [0.1, 0.15) is 33.9 Å². The van der Waals surface area contributed by atoms with Crippen LogP contribution in [0.3, 0.4) is 0 Å². The predicted molar refractivity (Wildman–Crippen MR) is 129 cm³/mol. The van der Waals surface area contributed by atoms with Crippen molar-refractivity contribution in [2.24, 2.45) is 0 Å². The van der Waals surface area contributed by atoms with E-state index in [-0.39, 0.29) is 24.2 Å². The molecule has 1 aliphatic heterocycles. The molecule has 0 aromatic heterocycles. The number of rotatable bonds is 7. The van der Waals surface area contributed by atoms with Gasteiger partial charge in [-0.2, -0.15) is 0 Å². The van der Waals surface area contributed by atoms with E-state index >= 15 is 0 Å². The van der Waals surface area contributed by atoms with Gasteiger partial charge in [0.25, 0.3) is 0 Å². The highest BCUT2D eigenvalue weighted by Crippen LogP contribution is 2.38. The van der Waals surface area contributed by atoms with Gasteiger partial charge < -0.3 is 19.1 Å². The summed E-state index contributed by atoms with van der Waals surface area (Å²) in [5.74, 6) is 1.72. The highest BCUT2D eigenvalue weighted by molar-refractivity contribution is 5.80. The summed E-state index contributed by atoms with van der Waals surface area (Å²) in [5.41, 5.74) is 5.11. The highest BCUT2D eigenvalue weighted by atomic mass is 19.1. The second-order valence-corrected chi connectivity index (χ2v) is 8.70. The van der Waals surface area contributed by atoms with Crippen LogP contribution in [0.15, 0.2) is 54.6 Å². The lowest BCUT2D eigenvalue weighted by Crippen LogP contribution is -2.43. The lowest BCUT2D eigenvalue weighted by molar-refractivity contribution is -0.134. The molecule has 0 saturated carbocycles. The second kappa shape index (κ2) is 10.2. The SMILES string of the molecule is COc1cc2c(cc1OC)[C@H](COc1cc(C)cc(C)c1)N(C(=O)Cc1ccc(F)cc1)CC2. The summed E-state index contributed by atoms with van der Waals surface area (Å²) in [6.45, 7) is 4.93. The number of fused-ring (bicyclic) bond motifs is 1. The van der Waals surface area contributed by atoms with E-state index in [0.29, 0.717) is 31.1 Å². The van der Waals surface area contributed by atoms with Crippen LogP contribution in [-0.4, -0.2) is 38.2 Å². The number of carbonyl (C=O) groups excluding carboxylic acids is 1. The first-order valence-electron chi connectivity index (χ1n) is 11.4. The molecule has 0 unspecified atom stereocenters. The maximum absolute atomic E-state index is 13.4. The van der Waals surface area contributed by atoms with Crippen molar-refractivity contribution in [1.82, 2.24) is 4.90 Å². The van der Waals surface area contributed by atoms with Crippen LogP contribution < -0.4 is 14.2 Å². The Balaban J connectivity index is 1.65. The van der Waals surface area contributed by atoms with Gasteiger partial charge in [0.05, 0.1) is 26.7 Å². The Hall–Kier alpha value is -3.54. The van der Waals surface area contributed by atoms with Crippen LogP contribution >= 0.6 is 0 Å². The number of carbonyl (C=O) groups is 1. The largest absolute Gasteiger partial charge is 0.493 e. The van der Waals surface area contributed by atoms with Crippen LogP contribution in [0.2, 0.25) is 0 Å². The zero-order valence-corrected chi connectivity index (χ0v) is 20.1. The minimum Gasteiger partial charge on any atom is -0.493 e. The summed E-state index contributed by atoms with van der Waals surface area (Å²) in [6.07, 6.45) is 0.897. The Bertz CT molecular complexity index is 1160. The van der Waals surface area contributed by atoms with Gasteiger partial charge in [-0.15, -0.1) is 0 Å². The van der Waals surface area contributed by atoms with E-state index in [1.54, 1.807) is 26.4 Å². The monoisotopic (exact) mass is 463 g/mol. The number of methoxy groups -OCH3 is 2. The molecule has 0 aliphatic carbocycles. The number of nitrogens with zero attached hydrogens (tertiary/aromatic N) is 1. The third-order valence-corrected chi connectivity index (χ3v) is 6.19. The van der Waals surface area contributed by atoms with Crippen molar-refractivity contribution in [3.8, 4) is 17.2 Å². The van der Waals surface area contributed by atoms with Crippen molar-refractivity contribution in [1.29, 1.82) is 0 Å². The van der Waals surface area contributed by atoms with Gasteiger partial charge in [-0.05, 0) is 84.5 Å². The number of halogens is 1. The highest BCUT2D eigenvalue weighted by Gasteiger charge is 2.33. The van der Waals surface area contributed by atoms with Crippen LogP contribution in [0.5, 0.6) is 17.2 Å². The maximum Gasteiger partial charge on any atom is 0.227 e. The number of benzene rings is 3. The molecule has 1 amide bonds. The van der Waals surface area contributed by atoms with E-state index < -0.39 is 0 Å². The van der Waals surface area contributed by atoms with Gasteiger partial charge in [0.1, 0.15) is 18.2 Å². The summed E-state index contributed by atoms with van der Waals surface area (Å²) in [5, 5.41) is 0. The van der Waals surface area contributed by atoms with Gasteiger partial charge in [0, 0.05) is 6.54 Å². The molecule has 1 atom stereocenters. The number of aryl methyl sites for hydroxylation is 2. The zero-order valence-electron chi connectivity index (χ0n) is 20.1. The number of amides is 1. The quantitative estimate of drug-likeness (QED) is 0.483. The van der Waals surface area contributed by atoms with Gasteiger partial charge in [-0.25, -0.2) is 4.39 Å². The van der Waals surface area contributed by atoms with Gasteiger partial charge in [-0.1, -0.05) is 18.2 Å². The Morgan fingerprint density at radius 1 is 0.971 bits per heavy atom. The molecular weight excluding hydrogens is 433 g/mol. The average Bonchev–Trinajstić information content (AvgIpc) is 2.82. The molecule has 5 nitrogen and oxygen atoms in total. The molecule has 6 heteroatoms. The lowest BCUT2D eigenvalue weighted by atomic mass is 9.91. The molecule has 178 valence electrons. The fourth-order valence-electron chi connectivity index (χ4n) is 4.58. The smallest absolute Gasteiger partial charge is 0.227 e. The molecule has 4 rings (SSSR count). The Labute approximate surface area is 200 Å². The summed E-state index contributed by atoms with van der Waals surface area (Å²) in [6, 6.07) is 15.8. The fraction of sp³-hybridized carbons (Fsp3) is 0.321. The molecular formula is C28H30FNO4. The van der Waals surface area contributed by atoms with E-state index in [4.69, 9.17) is 14.2 Å². The summed E-state index contributed by atoms with van der Waals surface area (Å²) >= 11 is 0. The molecule has 0 bridgehead atoms. The van der Waals surface area contributed by atoms with E-state index in [1.165, 1.54) is 12.1 Å². The standard InChI is InChI=1S/C28H30FNO4/c1-18-11-19(2)13-23(12-18)34-17-25-24-16-27(33-4)26(32-3)15-21(24)9-10-30(25)28(31)14-20-5-7-22(29)8-6-20/h5-8,11-13,15-16,25H,9-10,14,17H2,1-4H3/t25-/m0/s1. The first kappa shape index (κ1) is 23.6. The van der Waals surface area contributed by atoms with E-state index in [9.17, 15) is 9.18 Å². The minimum absolute atomic E-state index is 0.0268. The Kier molecular flexibility index (Phi) is 7.06. The van der Waals surface area contributed by atoms with Crippen molar-refractivity contribution in [3.05, 3.63) is 88.2 Å². The van der Waals surface area contributed by atoms with Crippen LogP contribution in [0.25, 0.3) is 0 Å². The first-order chi connectivity index (χ1) is 16.4. The molecule has 3 aromatic carbocycles. The van der Waals surface area contributed by atoms with Gasteiger partial charge in [0.2, 0.25) is 5.91 Å². The third kappa shape index (κ3) is 5.16.